The van der Waals surface area contributed by atoms with Crippen molar-refractivity contribution in [2.75, 3.05) is 0 Å². The van der Waals surface area contributed by atoms with Gasteiger partial charge in [0.2, 0.25) is 0 Å². The molecule has 0 bridgehead atoms. The summed E-state index contributed by atoms with van der Waals surface area (Å²) in [6, 6.07) is 5.78. The van der Waals surface area contributed by atoms with Gasteiger partial charge in [-0.1, -0.05) is 17.7 Å². The molecule has 1 aromatic carbocycles. The third kappa shape index (κ3) is 1.59. The highest BCUT2D eigenvalue weighted by Crippen LogP contribution is 2.33. The van der Waals surface area contributed by atoms with Crippen molar-refractivity contribution in [1.29, 1.82) is 0 Å². The van der Waals surface area contributed by atoms with E-state index in [0.717, 1.165) is 18.4 Å². The highest BCUT2D eigenvalue weighted by atomic mass is 16.3. The molecule has 0 aromatic heterocycles. The predicted molar refractivity (Wildman–Crippen MR) is 54.7 cm³/mol. The minimum atomic E-state index is 0.416. The maximum absolute atomic E-state index is 9.65. The van der Waals surface area contributed by atoms with Crippen LogP contribution in [-0.4, -0.2) is 5.11 Å². The molecule has 0 atom stereocenters. The van der Waals surface area contributed by atoms with Gasteiger partial charge in [0.05, 0.1) is 0 Å². The van der Waals surface area contributed by atoms with Gasteiger partial charge in [-0.15, -0.1) is 0 Å². The van der Waals surface area contributed by atoms with E-state index < -0.39 is 0 Å². The summed E-state index contributed by atoms with van der Waals surface area (Å²) in [6.45, 7) is 2.05. The lowest BCUT2D eigenvalue weighted by atomic mass is 10.0. The molecule has 1 N–H and O–H groups in total. The second kappa shape index (κ2) is 3.25. The molecule has 0 aliphatic heterocycles. The van der Waals surface area contributed by atoms with E-state index in [0.29, 0.717) is 5.75 Å². The van der Waals surface area contributed by atoms with Crippen molar-refractivity contribution in [3.63, 3.8) is 0 Å². The van der Waals surface area contributed by atoms with E-state index >= 15 is 0 Å². The number of aromatic hydroxyl groups is 1. The molecular formula is C12H14O. The molecule has 0 fully saturated rings. The molecule has 0 saturated carbocycles. The Kier molecular flexibility index (Phi) is 2.09. The summed E-state index contributed by atoms with van der Waals surface area (Å²) in [4.78, 5) is 0. The van der Waals surface area contributed by atoms with Crippen molar-refractivity contribution in [2.24, 2.45) is 0 Å². The zero-order valence-electron chi connectivity index (χ0n) is 7.88. The number of phenolic OH excluding ortho intramolecular Hbond substituents is 1. The summed E-state index contributed by atoms with van der Waals surface area (Å²) in [5.41, 5.74) is 3.54. The number of hydrogen-bond acceptors (Lipinski definition) is 1. The third-order valence-electron chi connectivity index (χ3n) is 2.54. The fourth-order valence-corrected chi connectivity index (χ4v) is 1.82. The highest BCUT2D eigenvalue weighted by Gasteiger charge is 2.10. The summed E-state index contributed by atoms with van der Waals surface area (Å²) in [7, 11) is 0. The second-order valence-corrected chi connectivity index (χ2v) is 3.64. The highest BCUT2D eigenvalue weighted by molar-refractivity contribution is 5.72. The van der Waals surface area contributed by atoms with Crippen LogP contribution >= 0.6 is 0 Å². The average molecular weight is 174 g/mol. The normalized spacial score (nSPS) is 15.9. The Hall–Kier alpha value is -1.24. The molecule has 1 heteroatoms. The Morgan fingerprint density at radius 2 is 2.15 bits per heavy atom. The summed E-state index contributed by atoms with van der Waals surface area (Å²) in [5, 5.41) is 9.65. The first-order valence-electron chi connectivity index (χ1n) is 4.76. The number of aryl methyl sites for hydroxylation is 1. The van der Waals surface area contributed by atoms with Gasteiger partial charge in [0.15, 0.2) is 0 Å². The number of allylic oxidation sites excluding steroid dienone is 2. The summed E-state index contributed by atoms with van der Waals surface area (Å²) in [6.07, 6.45) is 5.72. The maximum Gasteiger partial charge on any atom is 0.123 e. The molecule has 1 nitrogen and oxygen atoms in total. The van der Waals surface area contributed by atoms with Gasteiger partial charge in [0, 0.05) is 5.56 Å². The first-order chi connectivity index (χ1) is 6.27. The van der Waals surface area contributed by atoms with E-state index in [9.17, 15) is 5.11 Å². The van der Waals surface area contributed by atoms with Crippen LogP contribution in [0.2, 0.25) is 0 Å². The van der Waals surface area contributed by atoms with Crippen molar-refractivity contribution in [3.8, 4) is 5.75 Å². The fraction of sp³-hybridized carbons (Fsp3) is 0.333. The SMILES string of the molecule is Cc1ccc(O)c(C2=CCCC2)c1. The molecule has 0 spiro atoms. The second-order valence-electron chi connectivity index (χ2n) is 3.64. The van der Waals surface area contributed by atoms with Crippen LogP contribution in [0.3, 0.4) is 0 Å². The van der Waals surface area contributed by atoms with Gasteiger partial charge < -0.3 is 5.11 Å². The van der Waals surface area contributed by atoms with Crippen molar-refractivity contribution in [3.05, 3.63) is 35.4 Å². The van der Waals surface area contributed by atoms with Crippen molar-refractivity contribution < 1.29 is 5.11 Å². The van der Waals surface area contributed by atoms with Crippen LogP contribution in [0.5, 0.6) is 5.75 Å². The molecule has 68 valence electrons. The first-order valence-corrected chi connectivity index (χ1v) is 4.76. The van der Waals surface area contributed by atoms with Gasteiger partial charge in [-0.25, -0.2) is 0 Å². The number of phenols is 1. The van der Waals surface area contributed by atoms with E-state index in [-0.39, 0.29) is 0 Å². The van der Waals surface area contributed by atoms with Gasteiger partial charge in [0.25, 0.3) is 0 Å². The number of benzene rings is 1. The smallest absolute Gasteiger partial charge is 0.123 e. The molecule has 0 unspecified atom stereocenters. The molecular weight excluding hydrogens is 160 g/mol. The standard InChI is InChI=1S/C12H14O/c1-9-6-7-12(13)11(8-9)10-4-2-3-5-10/h4,6-8,13H,2-3,5H2,1H3. The Labute approximate surface area is 78.7 Å². The molecule has 1 aliphatic rings. The maximum atomic E-state index is 9.65. The molecule has 13 heavy (non-hydrogen) atoms. The third-order valence-corrected chi connectivity index (χ3v) is 2.54. The topological polar surface area (TPSA) is 20.2 Å². The molecule has 0 saturated heterocycles. The van der Waals surface area contributed by atoms with Crippen LogP contribution in [0.4, 0.5) is 0 Å². The van der Waals surface area contributed by atoms with Gasteiger partial charge in [-0.2, -0.15) is 0 Å². The minimum Gasteiger partial charge on any atom is -0.507 e. The summed E-state index contributed by atoms with van der Waals surface area (Å²) < 4.78 is 0. The van der Waals surface area contributed by atoms with E-state index in [2.05, 4.69) is 19.1 Å². The van der Waals surface area contributed by atoms with Crippen LogP contribution in [-0.2, 0) is 0 Å². The van der Waals surface area contributed by atoms with Crippen LogP contribution < -0.4 is 0 Å². The van der Waals surface area contributed by atoms with Crippen molar-refractivity contribution in [1.82, 2.24) is 0 Å². The summed E-state index contributed by atoms with van der Waals surface area (Å²) >= 11 is 0. The van der Waals surface area contributed by atoms with Crippen LogP contribution in [0.15, 0.2) is 24.3 Å². The number of rotatable bonds is 1. The van der Waals surface area contributed by atoms with E-state index in [1.807, 2.05) is 6.07 Å². The molecule has 1 aromatic rings. The molecule has 0 radical (unpaired) electrons. The van der Waals surface area contributed by atoms with E-state index in [1.165, 1.54) is 17.6 Å². The Balaban J connectivity index is 2.43. The monoisotopic (exact) mass is 174 g/mol. The lowest BCUT2D eigenvalue weighted by molar-refractivity contribution is 0.473. The van der Waals surface area contributed by atoms with E-state index in [1.54, 1.807) is 6.07 Å². The van der Waals surface area contributed by atoms with Gasteiger partial charge >= 0.3 is 0 Å². The Morgan fingerprint density at radius 1 is 1.31 bits per heavy atom. The Bertz CT molecular complexity index is 350. The molecule has 0 amide bonds. The van der Waals surface area contributed by atoms with Crippen LogP contribution in [0.1, 0.15) is 30.4 Å². The summed E-state index contributed by atoms with van der Waals surface area (Å²) in [5.74, 6) is 0.416. The first kappa shape index (κ1) is 8.36. The zero-order chi connectivity index (χ0) is 9.26. The van der Waals surface area contributed by atoms with E-state index in [4.69, 9.17) is 0 Å². The Morgan fingerprint density at radius 3 is 2.85 bits per heavy atom. The largest absolute Gasteiger partial charge is 0.507 e. The van der Waals surface area contributed by atoms with Crippen LogP contribution in [0.25, 0.3) is 5.57 Å². The lowest BCUT2D eigenvalue weighted by Crippen LogP contribution is -1.83. The fourth-order valence-electron chi connectivity index (χ4n) is 1.82. The molecule has 1 aliphatic carbocycles. The minimum absolute atomic E-state index is 0.416. The quantitative estimate of drug-likeness (QED) is 0.692. The van der Waals surface area contributed by atoms with Gasteiger partial charge in [0.1, 0.15) is 5.75 Å². The molecule has 2 rings (SSSR count). The van der Waals surface area contributed by atoms with Crippen molar-refractivity contribution in [2.45, 2.75) is 26.2 Å². The predicted octanol–water partition coefficient (Wildman–Crippen LogP) is 3.27. The number of hydrogen-bond donors (Lipinski definition) is 1. The lowest BCUT2D eigenvalue weighted by Gasteiger charge is -2.06. The molecule has 0 heterocycles. The van der Waals surface area contributed by atoms with Gasteiger partial charge in [-0.05, 0) is 43.9 Å². The zero-order valence-corrected chi connectivity index (χ0v) is 7.88. The van der Waals surface area contributed by atoms with Gasteiger partial charge in [-0.3, -0.25) is 0 Å². The van der Waals surface area contributed by atoms with Crippen LogP contribution in [0, 0.1) is 6.92 Å². The average Bonchev–Trinajstić information content (AvgIpc) is 2.61. The van der Waals surface area contributed by atoms with Crippen molar-refractivity contribution >= 4 is 5.57 Å².